The largest absolute Gasteiger partial charge is 0.398 e. The molecule has 92 valence electrons. The van der Waals surface area contributed by atoms with Crippen LogP contribution in [0.25, 0.3) is 0 Å². The van der Waals surface area contributed by atoms with Crippen LogP contribution in [0.2, 0.25) is 5.02 Å². The molecule has 1 aromatic rings. The minimum Gasteiger partial charge on any atom is -0.398 e. The Hall–Kier alpha value is -1.26. The molecule has 0 aromatic heterocycles. The lowest BCUT2D eigenvalue weighted by molar-refractivity contribution is 0.0858. The third-order valence-corrected chi connectivity index (χ3v) is 3.01. The van der Waals surface area contributed by atoms with Crippen molar-refractivity contribution in [2.75, 3.05) is 18.9 Å². The maximum absolute atomic E-state index is 11.9. The monoisotopic (exact) mass is 254 g/mol. The molecule has 17 heavy (non-hydrogen) atoms. The smallest absolute Gasteiger partial charge is 0.253 e. The number of carbonyl (C=O) groups excluding carboxylic acids is 1. The van der Waals surface area contributed by atoms with E-state index < -0.39 is 0 Å². The van der Waals surface area contributed by atoms with Crippen molar-refractivity contribution < 1.29 is 9.53 Å². The lowest BCUT2D eigenvalue weighted by Crippen LogP contribution is -2.32. The van der Waals surface area contributed by atoms with Crippen LogP contribution in [-0.4, -0.2) is 25.2 Å². The number of nitrogen functional groups attached to an aromatic ring is 1. The van der Waals surface area contributed by atoms with E-state index in [4.69, 9.17) is 22.1 Å². The minimum absolute atomic E-state index is 0.124. The second kappa shape index (κ2) is 5.38. The molecule has 1 saturated heterocycles. The predicted molar refractivity (Wildman–Crippen MR) is 67.2 cm³/mol. The number of amides is 1. The molecule has 1 aliphatic heterocycles. The van der Waals surface area contributed by atoms with Gasteiger partial charge in [0.05, 0.1) is 11.7 Å². The first-order valence-electron chi connectivity index (χ1n) is 5.61. The Bertz CT molecular complexity index is 417. The number of nitrogens with one attached hydrogen (secondary N) is 1. The first-order chi connectivity index (χ1) is 8.16. The Morgan fingerprint density at radius 3 is 3.12 bits per heavy atom. The van der Waals surface area contributed by atoms with Crippen molar-refractivity contribution in [3.05, 3.63) is 28.8 Å². The fraction of sp³-hybridized carbons (Fsp3) is 0.417. The summed E-state index contributed by atoms with van der Waals surface area (Å²) in [6, 6.07) is 4.86. The standard InChI is InChI=1S/C12H15ClN2O2/c13-8-3-4-11(14)10(6-8)12(16)15-7-9-2-1-5-17-9/h3-4,6,9H,1-2,5,7,14H2,(H,15,16). The van der Waals surface area contributed by atoms with Crippen molar-refractivity contribution in [1.29, 1.82) is 0 Å². The highest BCUT2D eigenvalue weighted by Gasteiger charge is 2.17. The molecule has 1 atom stereocenters. The summed E-state index contributed by atoms with van der Waals surface area (Å²) >= 11 is 5.83. The van der Waals surface area contributed by atoms with Gasteiger partial charge in [-0.1, -0.05) is 11.6 Å². The second-order valence-electron chi connectivity index (χ2n) is 4.08. The molecular formula is C12H15ClN2O2. The van der Waals surface area contributed by atoms with Crippen LogP contribution >= 0.6 is 11.6 Å². The molecule has 1 fully saturated rings. The summed E-state index contributed by atoms with van der Waals surface area (Å²) in [6.07, 6.45) is 2.17. The third-order valence-electron chi connectivity index (χ3n) is 2.77. The van der Waals surface area contributed by atoms with Crippen molar-refractivity contribution >= 4 is 23.2 Å². The number of anilines is 1. The topological polar surface area (TPSA) is 64.4 Å². The second-order valence-corrected chi connectivity index (χ2v) is 4.51. The van der Waals surface area contributed by atoms with Gasteiger partial charge in [0.25, 0.3) is 5.91 Å². The maximum atomic E-state index is 11.9. The molecule has 1 aromatic carbocycles. The SMILES string of the molecule is Nc1ccc(Cl)cc1C(=O)NCC1CCCO1. The summed E-state index contributed by atoms with van der Waals surface area (Å²) in [5.41, 5.74) is 6.57. The van der Waals surface area contributed by atoms with E-state index in [9.17, 15) is 4.79 Å². The van der Waals surface area contributed by atoms with Crippen molar-refractivity contribution in [1.82, 2.24) is 5.32 Å². The van der Waals surface area contributed by atoms with Crippen LogP contribution in [0.4, 0.5) is 5.69 Å². The van der Waals surface area contributed by atoms with Crippen LogP contribution < -0.4 is 11.1 Å². The van der Waals surface area contributed by atoms with Gasteiger partial charge in [-0.3, -0.25) is 4.79 Å². The van der Waals surface area contributed by atoms with Gasteiger partial charge in [-0.25, -0.2) is 0 Å². The van der Waals surface area contributed by atoms with Crippen LogP contribution in [0, 0.1) is 0 Å². The Morgan fingerprint density at radius 2 is 2.41 bits per heavy atom. The minimum atomic E-state index is -0.208. The Labute approximate surface area is 105 Å². The van der Waals surface area contributed by atoms with Gasteiger partial charge in [-0.15, -0.1) is 0 Å². The van der Waals surface area contributed by atoms with Gasteiger partial charge >= 0.3 is 0 Å². The normalized spacial score (nSPS) is 19.2. The van der Waals surface area contributed by atoms with Crippen molar-refractivity contribution in [3.63, 3.8) is 0 Å². The molecule has 1 aliphatic rings. The molecule has 1 amide bonds. The van der Waals surface area contributed by atoms with Crippen molar-refractivity contribution in [3.8, 4) is 0 Å². The molecular weight excluding hydrogens is 240 g/mol. The molecule has 0 radical (unpaired) electrons. The van der Waals surface area contributed by atoms with E-state index in [1.165, 1.54) is 0 Å². The summed E-state index contributed by atoms with van der Waals surface area (Å²) in [5.74, 6) is -0.208. The lowest BCUT2D eigenvalue weighted by atomic mass is 10.1. The highest BCUT2D eigenvalue weighted by molar-refractivity contribution is 6.31. The van der Waals surface area contributed by atoms with E-state index in [0.717, 1.165) is 19.4 Å². The Kier molecular flexibility index (Phi) is 3.86. The van der Waals surface area contributed by atoms with E-state index in [2.05, 4.69) is 5.32 Å². The van der Waals surface area contributed by atoms with Crippen LogP contribution in [0.15, 0.2) is 18.2 Å². The van der Waals surface area contributed by atoms with Crippen LogP contribution in [0.3, 0.4) is 0 Å². The number of ether oxygens (including phenoxy) is 1. The summed E-state index contributed by atoms with van der Waals surface area (Å²) in [6.45, 7) is 1.30. The number of carbonyl (C=O) groups is 1. The van der Waals surface area contributed by atoms with Gasteiger partial charge in [0.1, 0.15) is 0 Å². The molecule has 0 bridgehead atoms. The first-order valence-corrected chi connectivity index (χ1v) is 5.99. The molecule has 1 heterocycles. The predicted octanol–water partition coefficient (Wildman–Crippen LogP) is 1.83. The van der Waals surface area contributed by atoms with Gasteiger partial charge in [0, 0.05) is 23.9 Å². The van der Waals surface area contributed by atoms with Crippen molar-refractivity contribution in [2.24, 2.45) is 0 Å². The Balaban J connectivity index is 1.96. The van der Waals surface area contributed by atoms with Crippen LogP contribution in [0.1, 0.15) is 23.2 Å². The summed E-state index contributed by atoms with van der Waals surface area (Å²) in [7, 11) is 0. The molecule has 0 aliphatic carbocycles. The van der Waals surface area contributed by atoms with Crippen molar-refractivity contribution in [2.45, 2.75) is 18.9 Å². The third kappa shape index (κ3) is 3.11. The molecule has 0 spiro atoms. The zero-order chi connectivity index (χ0) is 12.3. The summed E-state index contributed by atoms with van der Waals surface area (Å²) in [4.78, 5) is 11.9. The summed E-state index contributed by atoms with van der Waals surface area (Å²) in [5, 5.41) is 3.31. The van der Waals surface area contributed by atoms with Crippen LogP contribution in [-0.2, 0) is 4.74 Å². The highest BCUT2D eigenvalue weighted by atomic mass is 35.5. The number of hydrogen-bond donors (Lipinski definition) is 2. The van der Waals surface area contributed by atoms with E-state index in [0.29, 0.717) is 22.8 Å². The average molecular weight is 255 g/mol. The molecule has 5 heteroatoms. The van der Waals surface area contributed by atoms with E-state index in [-0.39, 0.29) is 12.0 Å². The molecule has 2 rings (SSSR count). The average Bonchev–Trinajstić information content (AvgIpc) is 2.82. The lowest BCUT2D eigenvalue weighted by Gasteiger charge is -2.11. The number of hydrogen-bond acceptors (Lipinski definition) is 3. The van der Waals surface area contributed by atoms with Gasteiger partial charge in [0.2, 0.25) is 0 Å². The fourth-order valence-corrected chi connectivity index (χ4v) is 2.00. The highest BCUT2D eigenvalue weighted by Crippen LogP contribution is 2.18. The summed E-state index contributed by atoms with van der Waals surface area (Å²) < 4.78 is 5.42. The first kappa shape index (κ1) is 12.2. The quantitative estimate of drug-likeness (QED) is 0.809. The van der Waals surface area contributed by atoms with Gasteiger partial charge in [-0.2, -0.15) is 0 Å². The number of nitrogens with two attached hydrogens (primary N) is 1. The molecule has 3 N–H and O–H groups in total. The number of halogens is 1. The Morgan fingerprint density at radius 1 is 1.59 bits per heavy atom. The van der Waals surface area contributed by atoms with E-state index >= 15 is 0 Å². The fourth-order valence-electron chi connectivity index (χ4n) is 1.83. The number of rotatable bonds is 3. The van der Waals surface area contributed by atoms with E-state index in [1.54, 1.807) is 18.2 Å². The van der Waals surface area contributed by atoms with Gasteiger partial charge in [-0.05, 0) is 31.0 Å². The van der Waals surface area contributed by atoms with E-state index in [1.807, 2.05) is 0 Å². The van der Waals surface area contributed by atoms with Gasteiger partial charge < -0.3 is 15.8 Å². The van der Waals surface area contributed by atoms with Crippen LogP contribution in [0.5, 0.6) is 0 Å². The zero-order valence-electron chi connectivity index (χ0n) is 9.41. The molecule has 4 nitrogen and oxygen atoms in total. The number of benzene rings is 1. The maximum Gasteiger partial charge on any atom is 0.253 e. The molecule has 1 unspecified atom stereocenters. The molecule has 0 saturated carbocycles. The van der Waals surface area contributed by atoms with Gasteiger partial charge in [0.15, 0.2) is 0 Å². The zero-order valence-corrected chi connectivity index (χ0v) is 10.2.